The van der Waals surface area contributed by atoms with Crippen molar-refractivity contribution in [3.8, 4) is 5.75 Å². The molecule has 0 saturated heterocycles. The quantitative estimate of drug-likeness (QED) is 0.420. The summed E-state index contributed by atoms with van der Waals surface area (Å²) in [5, 5.41) is 8.48. The average molecular weight is 435 g/mol. The normalized spacial score (nSPS) is 10.3. The van der Waals surface area contributed by atoms with Gasteiger partial charge in [-0.05, 0) is 45.2 Å². The third kappa shape index (κ3) is 5.83. The van der Waals surface area contributed by atoms with E-state index in [1.165, 1.54) is 0 Å². The second-order valence-electron chi connectivity index (χ2n) is 2.63. The molecule has 0 aromatic carbocycles. The van der Waals surface area contributed by atoms with Crippen LogP contribution in [0, 0.1) is 7.40 Å². The summed E-state index contributed by atoms with van der Waals surface area (Å²) in [5.41, 5.74) is 0. The molecule has 0 bridgehead atoms. The number of hydrogen-bond acceptors (Lipinski definition) is 4. The fraction of sp³-hybridized carbons (Fsp3) is 0.444. The first-order chi connectivity index (χ1) is 7.22. The maximum absolute atomic E-state index is 8.48. The molecule has 0 unspecified atom stereocenters. The third-order valence-electron chi connectivity index (χ3n) is 1.47. The molecule has 0 aliphatic carbocycles. The molecule has 4 nitrogen and oxygen atoms in total. The van der Waals surface area contributed by atoms with Crippen molar-refractivity contribution in [1.29, 1.82) is 0 Å². The number of aliphatic hydroxyl groups is 1. The first-order valence-corrected chi connectivity index (χ1v) is 6.52. The van der Waals surface area contributed by atoms with Crippen molar-refractivity contribution < 1.29 is 14.6 Å². The molecule has 0 spiro atoms. The Hall–Kier alpha value is 0.330. The van der Waals surface area contributed by atoms with Gasteiger partial charge in [-0.3, -0.25) is 0 Å². The Morgan fingerprint density at radius 1 is 1.13 bits per heavy atom. The molecular formula is C9H11I2NO3. The number of nitrogens with zero attached hydrogens (tertiary/aromatic N) is 1. The van der Waals surface area contributed by atoms with Gasteiger partial charge in [0.1, 0.15) is 19.8 Å². The molecule has 1 N–H and O–H groups in total. The largest absolute Gasteiger partial charge is 0.491 e. The third-order valence-corrected chi connectivity index (χ3v) is 2.57. The van der Waals surface area contributed by atoms with Gasteiger partial charge in [-0.2, -0.15) is 0 Å². The second-order valence-corrected chi connectivity index (χ2v) is 4.84. The monoisotopic (exact) mass is 435 g/mol. The summed E-state index contributed by atoms with van der Waals surface area (Å²) in [6, 6.07) is 3.74. The van der Waals surface area contributed by atoms with Gasteiger partial charge < -0.3 is 14.6 Å². The molecule has 0 radical (unpaired) electrons. The molecule has 1 aromatic rings. The predicted octanol–water partition coefficient (Wildman–Crippen LogP) is 1.68. The van der Waals surface area contributed by atoms with Crippen LogP contribution < -0.4 is 4.74 Å². The molecule has 1 heterocycles. The maximum Gasteiger partial charge on any atom is 0.124 e. The van der Waals surface area contributed by atoms with E-state index in [0.717, 1.165) is 13.2 Å². The molecule has 6 heteroatoms. The van der Waals surface area contributed by atoms with E-state index in [1.54, 1.807) is 0 Å². The van der Waals surface area contributed by atoms with Gasteiger partial charge in [0, 0.05) is 12.1 Å². The van der Waals surface area contributed by atoms with Gasteiger partial charge in [0.2, 0.25) is 0 Å². The van der Waals surface area contributed by atoms with E-state index in [4.69, 9.17) is 14.6 Å². The van der Waals surface area contributed by atoms with Crippen LogP contribution in [0.15, 0.2) is 12.1 Å². The number of hydrogen-bond donors (Lipinski definition) is 1. The molecule has 0 aliphatic rings. The maximum atomic E-state index is 8.48. The minimum Gasteiger partial charge on any atom is -0.491 e. The summed E-state index contributed by atoms with van der Waals surface area (Å²) < 4.78 is 12.3. The van der Waals surface area contributed by atoms with Gasteiger partial charge in [0.15, 0.2) is 0 Å². The van der Waals surface area contributed by atoms with Crippen molar-refractivity contribution >= 4 is 45.2 Å². The van der Waals surface area contributed by atoms with Gasteiger partial charge in [0.05, 0.1) is 19.8 Å². The van der Waals surface area contributed by atoms with Gasteiger partial charge in [-0.1, -0.05) is 0 Å². The highest BCUT2D eigenvalue weighted by molar-refractivity contribution is 14.1. The molecular weight excluding hydrogens is 424 g/mol. The van der Waals surface area contributed by atoms with E-state index >= 15 is 0 Å². The summed E-state index contributed by atoms with van der Waals surface area (Å²) >= 11 is 4.29. The smallest absolute Gasteiger partial charge is 0.124 e. The van der Waals surface area contributed by atoms with Crippen LogP contribution >= 0.6 is 45.2 Å². The van der Waals surface area contributed by atoms with Crippen LogP contribution in [0.25, 0.3) is 0 Å². The van der Waals surface area contributed by atoms with E-state index < -0.39 is 0 Å². The van der Waals surface area contributed by atoms with Gasteiger partial charge >= 0.3 is 0 Å². The SMILES string of the molecule is OCCOCCOc1cc(I)nc(I)c1. The van der Waals surface area contributed by atoms with E-state index in [9.17, 15) is 0 Å². The Balaban J connectivity index is 2.31. The Kier molecular flexibility index (Phi) is 6.77. The van der Waals surface area contributed by atoms with Gasteiger partial charge in [0.25, 0.3) is 0 Å². The van der Waals surface area contributed by atoms with Crippen LogP contribution in [-0.4, -0.2) is 36.5 Å². The number of rotatable bonds is 6. The zero-order valence-electron chi connectivity index (χ0n) is 7.95. The number of aliphatic hydroxyl groups excluding tert-OH is 1. The summed E-state index contributed by atoms with van der Waals surface area (Å²) in [6.45, 7) is 1.37. The molecule has 0 atom stereocenters. The Morgan fingerprint density at radius 3 is 2.40 bits per heavy atom. The fourth-order valence-electron chi connectivity index (χ4n) is 0.911. The van der Waals surface area contributed by atoms with Crippen LogP contribution in [0.5, 0.6) is 5.75 Å². The number of halogens is 2. The van der Waals surface area contributed by atoms with Crippen molar-refractivity contribution in [3.63, 3.8) is 0 Å². The lowest BCUT2D eigenvalue weighted by Crippen LogP contribution is -2.09. The molecule has 0 fully saturated rings. The van der Waals surface area contributed by atoms with Crippen LogP contribution in [0.2, 0.25) is 0 Å². The highest BCUT2D eigenvalue weighted by Gasteiger charge is 1.99. The molecule has 0 aliphatic heterocycles. The highest BCUT2D eigenvalue weighted by Crippen LogP contribution is 2.16. The summed E-state index contributed by atoms with van der Waals surface area (Å²) in [5.74, 6) is 0.798. The standard InChI is InChI=1S/C9H11I2NO3/c10-8-5-7(6-9(11)12-8)15-4-3-14-2-1-13/h5-6,13H,1-4H2. The lowest BCUT2D eigenvalue weighted by atomic mass is 10.4. The fourth-order valence-corrected chi connectivity index (χ4v) is 2.51. The molecule has 1 aromatic heterocycles. The zero-order valence-corrected chi connectivity index (χ0v) is 12.3. The van der Waals surface area contributed by atoms with Crippen LogP contribution in [0.1, 0.15) is 0 Å². The topological polar surface area (TPSA) is 51.6 Å². The van der Waals surface area contributed by atoms with E-state index in [1.807, 2.05) is 12.1 Å². The molecule has 0 saturated carbocycles. The lowest BCUT2D eigenvalue weighted by Gasteiger charge is -2.07. The van der Waals surface area contributed by atoms with E-state index in [0.29, 0.717) is 19.8 Å². The highest BCUT2D eigenvalue weighted by atomic mass is 127. The minimum atomic E-state index is 0.0467. The average Bonchev–Trinajstić information content (AvgIpc) is 2.16. The van der Waals surface area contributed by atoms with Crippen molar-refractivity contribution in [1.82, 2.24) is 4.98 Å². The number of ether oxygens (including phenoxy) is 2. The van der Waals surface area contributed by atoms with Crippen molar-refractivity contribution in [2.45, 2.75) is 0 Å². The first-order valence-electron chi connectivity index (χ1n) is 4.37. The lowest BCUT2D eigenvalue weighted by molar-refractivity contribution is 0.0704. The Morgan fingerprint density at radius 2 is 1.80 bits per heavy atom. The van der Waals surface area contributed by atoms with Crippen molar-refractivity contribution in [2.75, 3.05) is 26.4 Å². The number of aromatic nitrogens is 1. The Labute approximate surface area is 116 Å². The molecule has 0 amide bonds. The van der Waals surface area contributed by atoms with Crippen molar-refractivity contribution in [3.05, 3.63) is 19.5 Å². The van der Waals surface area contributed by atoms with E-state index in [-0.39, 0.29) is 6.61 Å². The molecule has 15 heavy (non-hydrogen) atoms. The number of pyridine rings is 1. The Bertz CT molecular complexity index is 289. The predicted molar refractivity (Wildman–Crippen MR) is 73.1 cm³/mol. The van der Waals surface area contributed by atoms with Crippen molar-refractivity contribution in [2.24, 2.45) is 0 Å². The van der Waals surface area contributed by atoms with Crippen LogP contribution in [0.4, 0.5) is 0 Å². The first kappa shape index (κ1) is 13.4. The van der Waals surface area contributed by atoms with E-state index in [2.05, 4.69) is 50.2 Å². The zero-order chi connectivity index (χ0) is 11.1. The van der Waals surface area contributed by atoms with Gasteiger partial charge in [-0.15, -0.1) is 0 Å². The van der Waals surface area contributed by atoms with Gasteiger partial charge in [-0.25, -0.2) is 4.98 Å². The van der Waals surface area contributed by atoms with Crippen LogP contribution in [-0.2, 0) is 4.74 Å². The summed E-state index contributed by atoms with van der Waals surface area (Å²) in [6.07, 6.45) is 0. The summed E-state index contributed by atoms with van der Waals surface area (Å²) in [7, 11) is 0. The molecule has 84 valence electrons. The second kappa shape index (κ2) is 7.58. The minimum absolute atomic E-state index is 0.0467. The molecule has 1 rings (SSSR count). The van der Waals surface area contributed by atoms with Crippen LogP contribution in [0.3, 0.4) is 0 Å². The summed E-state index contributed by atoms with van der Waals surface area (Å²) in [4.78, 5) is 4.22.